The predicted octanol–water partition coefficient (Wildman–Crippen LogP) is 3.61. The molecule has 12 heteroatoms. The SMILES string of the molecule is CC(C)(C)OC(=O)N1CCC[C@@H]1C(=O)NCc1cc2cc(Cl)cc(Cn3cnc4c(N)ncnc43)c2[nH]1. The van der Waals surface area contributed by atoms with E-state index in [-0.39, 0.29) is 12.5 Å². The molecule has 4 heterocycles. The summed E-state index contributed by atoms with van der Waals surface area (Å²) in [5, 5.41) is 4.47. The number of rotatable bonds is 5. The third kappa shape index (κ3) is 5.17. The Bertz CT molecular complexity index is 1490. The number of aromatic amines is 1. The minimum absolute atomic E-state index is 0.206. The summed E-state index contributed by atoms with van der Waals surface area (Å²) < 4.78 is 7.35. The Balaban J connectivity index is 1.32. The molecule has 1 aliphatic heterocycles. The van der Waals surface area contributed by atoms with Gasteiger partial charge in [-0.2, -0.15) is 0 Å². The lowest BCUT2D eigenvalue weighted by Gasteiger charge is -2.28. The minimum atomic E-state index is -0.618. The van der Waals surface area contributed by atoms with Gasteiger partial charge in [-0.05, 0) is 57.4 Å². The maximum absolute atomic E-state index is 13.0. The van der Waals surface area contributed by atoms with Crippen molar-refractivity contribution in [3.63, 3.8) is 0 Å². The number of nitrogen functional groups attached to an aromatic ring is 1. The first-order chi connectivity index (χ1) is 17.6. The Hall–Kier alpha value is -3.86. The first kappa shape index (κ1) is 24.8. The molecule has 3 aromatic heterocycles. The number of ether oxygens (including phenoxy) is 1. The maximum atomic E-state index is 13.0. The highest BCUT2D eigenvalue weighted by Gasteiger charge is 2.36. The van der Waals surface area contributed by atoms with Crippen molar-refractivity contribution in [2.75, 3.05) is 12.3 Å². The normalized spacial score (nSPS) is 16.0. The Morgan fingerprint density at radius 2 is 2.05 bits per heavy atom. The fourth-order valence-electron chi connectivity index (χ4n) is 4.63. The number of carbonyl (C=O) groups is 2. The number of nitrogens with two attached hydrogens (primary N) is 1. The van der Waals surface area contributed by atoms with E-state index in [2.05, 4.69) is 25.3 Å². The molecule has 1 saturated heterocycles. The zero-order valence-electron chi connectivity index (χ0n) is 20.9. The molecule has 5 rings (SSSR count). The molecule has 0 aliphatic carbocycles. The van der Waals surface area contributed by atoms with Gasteiger partial charge in [0.2, 0.25) is 5.91 Å². The molecule has 0 radical (unpaired) electrons. The number of amides is 2. The molecule has 1 aromatic carbocycles. The van der Waals surface area contributed by atoms with Crippen LogP contribution in [0.2, 0.25) is 5.02 Å². The number of nitrogens with zero attached hydrogens (tertiary/aromatic N) is 5. The van der Waals surface area contributed by atoms with Crippen LogP contribution in [0.3, 0.4) is 0 Å². The Kier molecular flexibility index (Phi) is 6.40. The molecule has 1 fully saturated rings. The lowest BCUT2D eigenvalue weighted by Crippen LogP contribution is -2.47. The van der Waals surface area contributed by atoms with Gasteiger partial charge in [0, 0.05) is 22.6 Å². The number of fused-ring (bicyclic) bond motifs is 2. The predicted molar refractivity (Wildman–Crippen MR) is 140 cm³/mol. The molecule has 1 atom stereocenters. The second-order valence-electron chi connectivity index (χ2n) is 10.2. The molecular formula is C25H29ClN8O3. The van der Waals surface area contributed by atoms with Crippen LogP contribution in [0.1, 0.15) is 44.9 Å². The van der Waals surface area contributed by atoms with Crippen molar-refractivity contribution in [3.8, 4) is 0 Å². The van der Waals surface area contributed by atoms with Crippen LogP contribution in [0.15, 0.2) is 30.9 Å². The number of benzene rings is 1. The van der Waals surface area contributed by atoms with Gasteiger partial charge in [0.1, 0.15) is 23.5 Å². The van der Waals surface area contributed by atoms with E-state index in [0.717, 1.165) is 28.6 Å². The number of H-pyrrole nitrogens is 1. The number of likely N-dealkylation sites (tertiary alicyclic amines) is 1. The largest absolute Gasteiger partial charge is 0.444 e. The Labute approximate surface area is 218 Å². The number of halogens is 1. The van der Waals surface area contributed by atoms with Crippen LogP contribution in [0.25, 0.3) is 22.1 Å². The van der Waals surface area contributed by atoms with Gasteiger partial charge in [-0.25, -0.2) is 19.7 Å². The number of hydrogen-bond acceptors (Lipinski definition) is 7. The van der Waals surface area contributed by atoms with Crippen molar-refractivity contribution in [2.45, 2.75) is 58.3 Å². The Morgan fingerprint density at radius 3 is 2.84 bits per heavy atom. The van der Waals surface area contributed by atoms with Gasteiger partial charge in [-0.1, -0.05) is 11.6 Å². The van der Waals surface area contributed by atoms with E-state index in [1.165, 1.54) is 11.2 Å². The van der Waals surface area contributed by atoms with E-state index in [4.69, 9.17) is 22.1 Å². The van der Waals surface area contributed by atoms with Crippen molar-refractivity contribution in [3.05, 3.63) is 47.1 Å². The number of imidazole rings is 1. The quantitative estimate of drug-likeness (QED) is 0.361. The average molecular weight is 525 g/mol. The van der Waals surface area contributed by atoms with Gasteiger partial charge in [-0.15, -0.1) is 0 Å². The Morgan fingerprint density at radius 1 is 1.24 bits per heavy atom. The zero-order valence-corrected chi connectivity index (χ0v) is 21.7. The van der Waals surface area contributed by atoms with Crippen molar-refractivity contribution < 1.29 is 14.3 Å². The van der Waals surface area contributed by atoms with Gasteiger partial charge < -0.3 is 25.3 Å². The number of nitrogens with one attached hydrogen (secondary N) is 2. The van der Waals surface area contributed by atoms with Crippen molar-refractivity contribution in [1.82, 2.24) is 34.7 Å². The van der Waals surface area contributed by atoms with Crippen LogP contribution in [0.4, 0.5) is 10.6 Å². The number of hydrogen-bond donors (Lipinski definition) is 3. The van der Waals surface area contributed by atoms with Crippen LogP contribution in [0, 0.1) is 0 Å². The summed E-state index contributed by atoms with van der Waals surface area (Å²) in [5.41, 5.74) is 9.12. The molecule has 37 heavy (non-hydrogen) atoms. The molecule has 11 nitrogen and oxygen atoms in total. The van der Waals surface area contributed by atoms with Crippen molar-refractivity contribution in [1.29, 1.82) is 0 Å². The molecule has 4 N–H and O–H groups in total. The molecule has 0 bridgehead atoms. The monoisotopic (exact) mass is 524 g/mol. The minimum Gasteiger partial charge on any atom is -0.444 e. The lowest BCUT2D eigenvalue weighted by atomic mass is 10.1. The van der Waals surface area contributed by atoms with Crippen LogP contribution in [-0.4, -0.2) is 59.6 Å². The number of carbonyl (C=O) groups excluding carboxylic acids is 2. The zero-order chi connectivity index (χ0) is 26.3. The van der Waals surface area contributed by atoms with Gasteiger partial charge >= 0.3 is 6.09 Å². The molecule has 194 valence electrons. The number of aromatic nitrogens is 5. The summed E-state index contributed by atoms with van der Waals surface area (Å²) in [6.07, 6.45) is 3.97. The fourth-order valence-corrected chi connectivity index (χ4v) is 4.88. The smallest absolute Gasteiger partial charge is 0.410 e. The highest BCUT2D eigenvalue weighted by atomic mass is 35.5. The summed E-state index contributed by atoms with van der Waals surface area (Å²) in [6.45, 7) is 6.67. The standard InChI is InChI=1S/C25H29ClN8O3/c1-25(2,3)37-24(36)34-6-4-5-18(34)23(35)28-10-17-9-14-7-16(26)8-15(19(14)32-17)11-33-13-31-20-21(27)29-12-30-22(20)33/h7-9,12-13,18,32H,4-6,10-11H2,1-3H3,(H,28,35)(H2,27,29,30)/t18-/m1/s1. The molecule has 0 spiro atoms. The van der Waals surface area contributed by atoms with Crippen molar-refractivity contribution >= 4 is 51.5 Å². The second kappa shape index (κ2) is 9.55. The third-order valence-corrected chi connectivity index (χ3v) is 6.46. The summed E-state index contributed by atoms with van der Waals surface area (Å²) in [5.74, 6) is 0.118. The summed E-state index contributed by atoms with van der Waals surface area (Å²) >= 11 is 6.42. The van der Waals surface area contributed by atoms with Gasteiger partial charge in [0.15, 0.2) is 11.5 Å². The third-order valence-electron chi connectivity index (χ3n) is 6.24. The molecule has 1 aliphatic rings. The van der Waals surface area contributed by atoms with E-state index in [1.54, 1.807) is 6.33 Å². The van der Waals surface area contributed by atoms with Gasteiger partial charge in [-0.3, -0.25) is 9.69 Å². The van der Waals surface area contributed by atoms with Crippen LogP contribution in [0.5, 0.6) is 0 Å². The van der Waals surface area contributed by atoms with Crippen molar-refractivity contribution in [2.24, 2.45) is 0 Å². The summed E-state index contributed by atoms with van der Waals surface area (Å²) in [6, 6.07) is 5.16. The highest BCUT2D eigenvalue weighted by Crippen LogP contribution is 2.27. The molecule has 4 aromatic rings. The second-order valence-corrected chi connectivity index (χ2v) is 10.6. The van der Waals surface area contributed by atoms with E-state index >= 15 is 0 Å². The maximum Gasteiger partial charge on any atom is 0.410 e. The fraction of sp³-hybridized carbons (Fsp3) is 0.400. The molecule has 2 amide bonds. The van der Waals surface area contributed by atoms with Gasteiger partial charge in [0.25, 0.3) is 0 Å². The van der Waals surface area contributed by atoms with Gasteiger partial charge in [0.05, 0.1) is 24.9 Å². The summed E-state index contributed by atoms with van der Waals surface area (Å²) in [7, 11) is 0. The molecule has 0 saturated carbocycles. The molecule has 0 unspecified atom stereocenters. The molecular weight excluding hydrogens is 496 g/mol. The van der Waals surface area contributed by atoms with Crippen LogP contribution in [-0.2, 0) is 22.6 Å². The summed E-state index contributed by atoms with van der Waals surface area (Å²) in [4.78, 5) is 43.1. The average Bonchev–Trinajstić information content (AvgIpc) is 3.55. The van der Waals surface area contributed by atoms with Crippen LogP contribution < -0.4 is 11.1 Å². The van der Waals surface area contributed by atoms with E-state index in [0.29, 0.717) is 41.5 Å². The lowest BCUT2D eigenvalue weighted by molar-refractivity contribution is -0.125. The van der Waals surface area contributed by atoms with E-state index < -0.39 is 17.7 Å². The van der Waals surface area contributed by atoms with Crippen LogP contribution >= 0.6 is 11.6 Å². The van der Waals surface area contributed by atoms with E-state index in [9.17, 15) is 9.59 Å². The van der Waals surface area contributed by atoms with E-state index in [1.807, 2.05) is 43.5 Å². The topological polar surface area (TPSA) is 144 Å². The first-order valence-corrected chi connectivity index (χ1v) is 12.5. The highest BCUT2D eigenvalue weighted by molar-refractivity contribution is 6.31. The first-order valence-electron chi connectivity index (χ1n) is 12.1. The number of anilines is 1.